The molecule has 1 unspecified atom stereocenters. The van der Waals surface area contributed by atoms with Crippen LogP contribution < -0.4 is 5.32 Å². The maximum absolute atomic E-state index is 12.2. The van der Waals surface area contributed by atoms with Gasteiger partial charge in [-0.3, -0.25) is 0 Å². The van der Waals surface area contributed by atoms with Gasteiger partial charge in [-0.1, -0.05) is 24.5 Å². The lowest BCUT2D eigenvalue weighted by Crippen LogP contribution is -2.50. The third-order valence-electron chi connectivity index (χ3n) is 5.15. The summed E-state index contributed by atoms with van der Waals surface area (Å²) in [4.78, 5) is 14.3. The van der Waals surface area contributed by atoms with E-state index in [2.05, 4.69) is 31.0 Å². The summed E-state index contributed by atoms with van der Waals surface area (Å²) in [5.74, 6) is 0. The number of unbranched alkanes of at least 4 members (excludes halogenated alkanes) is 1. The van der Waals surface area contributed by atoms with E-state index in [1.54, 1.807) is 11.1 Å². The molecule has 3 nitrogen and oxygen atoms in total. The van der Waals surface area contributed by atoms with Gasteiger partial charge in [-0.25, -0.2) is 4.79 Å². The average molecular weight is 278 g/mol. The minimum atomic E-state index is 0.154. The Morgan fingerprint density at radius 3 is 2.80 bits per heavy atom. The van der Waals surface area contributed by atoms with Crippen LogP contribution in [-0.2, 0) is 0 Å². The molecule has 2 amide bonds. The van der Waals surface area contributed by atoms with Crippen molar-refractivity contribution in [1.82, 2.24) is 10.2 Å². The molecule has 0 aromatic heterocycles. The lowest BCUT2D eigenvalue weighted by molar-refractivity contribution is 0.0918. The Kier molecular flexibility index (Phi) is 5.11. The molecule has 3 heteroatoms. The highest BCUT2D eigenvalue weighted by atomic mass is 16.2. The number of likely N-dealkylation sites (tertiary alicyclic amines) is 1. The van der Waals surface area contributed by atoms with Crippen LogP contribution >= 0.6 is 0 Å². The maximum atomic E-state index is 12.2. The molecular weight excluding hydrogens is 248 g/mol. The first-order chi connectivity index (χ1) is 9.56. The Hall–Kier alpha value is -0.990. The number of amides is 2. The normalized spacial score (nSPS) is 27.1. The smallest absolute Gasteiger partial charge is 0.317 e. The predicted molar refractivity (Wildman–Crippen MR) is 83.8 cm³/mol. The van der Waals surface area contributed by atoms with Crippen LogP contribution in [0.25, 0.3) is 0 Å². The highest BCUT2D eigenvalue weighted by molar-refractivity contribution is 5.74. The van der Waals surface area contributed by atoms with Gasteiger partial charge in [0.15, 0.2) is 0 Å². The molecule has 2 rings (SSSR count). The van der Waals surface area contributed by atoms with Crippen molar-refractivity contribution in [2.45, 2.75) is 65.7 Å². The summed E-state index contributed by atoms with van der Waals surface area (Å²) in [7, 11) is 0. The van der Waals surface area contributed by atoms with Gasteiger partial charge >= 0.3 is 6.03 Å². The van der Waals surface area contributed by atoms with Crippen LogP contribution in [0.3, 0.4) is 0 Å². The number of carbonyl (C=O) groups excluding carboxylic acids is 1. The van der Waals surface area contributed by atoms with Gasteiger partial charge in [0, 0.05) is 19.6 Å². The number of hydrogen-bond donors (Lipinski definition) is 1. The molecule has 0 aromatic carbocycles. The summed E-state index contributed by atoms with van der Waals surface area (Å²) in [5.41, 5.74) is 3.49. The number of allylic oxidation sites excluding steroid dienone is 2. The molecule has 2 aliphatic rings. The van der Waals surface area contributed by atoms with Crippen molar-refractivity contribution >= 4 is 6.03 Å². The maximum Gasteiger partial charge on any atom is 0.317 e. The van der Waals surface area contributed by atoms with E-state index in [1.807, 2.05) is 0 Å². The van der Waals surface area contributed by atoms with Crippen LogP contribution in [0, 0.1) is 5.41 Å². The quantitative estimate of drug-likeness (QED) is 0.612. The van der Waals surface area contributed by atoms with Gasteiger partial charge in [-0.05, 0) is 57.8 Å². The molecule has 0 saturated carbocycles. The third kappa shape index (κ3) is 3.56. The largest absolute Gasteiger partial charge is 0.338 e. The fourth-order valence-electron chi connectivity index (χ4n) is 3.68. The fourth-order valence-corrected chi connectivity index (χ4v) is 3.68. The standard InChI is InChI=1S/C17H30N2O/c1-4-5-10-18-16(20)19-11-6-8-17(13-19)9-7-14(2)15(3)12-17/h4-13H2,1-3H3,(H,18,20). The number of nitrogens with one attached hydrogen (secondary N) is 1. The molecule has 1 N–H and O–H groups in total. The molecule has 1 spiro atoms. The van der Waals surface area contributed by atoms with Crippen molar-refractivity contribution < 1.29 is 4.79 Å². The second-order valence-electron chi connectivity index (χ2n) is 6.85. The van der Waals surface area contributed by atoms with Crippen LogP contribution in [0.15, 0.2) is 11.1 Å². The van der Waals surface area contributed by atoms with Crippen molar-refractivity contribution in [2.24, 2.45) is 5.41 Å². The Morgan fingerprint density at radius 2 is 2.10 bits per heavy atom. The number of hydrogen-bond acceptors (Lipinski definition) is 1. The zero-order valence-corrected chi connectivity index (χ0v) is 13.4. The van der Waals surface area contributed by atoms with Crippen molar-refractivity contribution in [1.29, 1.82) is 0 Å². The molecule has 0 aromatic rings. The Bertz CT molecular complexity index is 388. The first-order valence-corrected chi connectivity index (χ1v) is 8.24. The van der Waals surface area contributed by atoms with Crippen molar-refractivity contribution in [3.05, 3.63) is 11.1 Å². The summed E-state index contributed by atoms with van der Waals surface area (Å²) >= 11 is 0. The summed E-state index contributed by atoms with van der Waals surface area (Å²) < 4.78 is 0. The van der Waals surface area contributed by atoms with E-state index >= 15 is 0 Å². The number of urea groups is 1. The molecule has 114 valence electrons. The van der Waals surface area contributed by atoms with Gasteiger partial charge in [0.05, 0.1) is 0 Å². The molecule has 1 aliphatic heterocycles. The van der Waals surface area contributed by atoms with Gasteiger partial charge in [0.1, 0.15) is 0 Å². The lowest BCUT2D eigenvalue weighted by Gasteiger charge is -2.45. The summed E-state index contributed by atoms with van der Waals surface area (Å²) in [6.45, 7) is 9.40. The molecular formula is C17H30N2O. The van der Waals surface area contributed by atoms with Crippen molar-refractivity contribution in [3.8, 4) is 0 Å². The Balaban J connectivity index is 1.93. The molecule has 1 fully saturated rings. The summed E-state index contributed by atoms with van der Waals surface area (Å²) in [6.07, 6.45) is 8.33. The Labute approximate surface area is 123 Å². The van der Waals surface area contributed by atoms with Gasteiger partial charge in [-0.15, -0.1) is 0 Å². The van der Waals surface area contributed by atoms with E-state index in [-0.39, 0.29) is 6.03 Å². The molecule has 1 heterocycles. The van der Waals surface area contributed by atoms with E-state index in [4.69, 9.17) is 0 Å². The number of piperidine rings is 1. The van der Waals surface area contributed by atoms with E-state index in [1.165, 1.54) is 25.7 Å². The minimum Gasteiger partial charge on any atom is -0.338 e. The van der Waals surface area contributed by atoms with Crippen molar-refractivity contribution in [2.75, 3.05) is 19.6 Å². The highest BCUT2D eigenvalue weighted by Gasteiger charge is 2.38. The van der Waals surface area contributed by atoms with Crippen LogP contribution in [0.2, 0.25) is 0 Å². The van der Waals surface area contributed by atoms with Gasteiger partial charge in [0.25, 0.3) is 0 Å². The highest BCUT2D eigenvalue weighted by Crippen LogP contribution is 2.45. The number of rotatable bonds is 3. The lowest BCUT2D eigenvalue weighted by atomic mass is 9.68. The Morgan fingerprint density at radius 1 is 1.30 bits per heavy atom. The number of carbonyl (C=O) groups is 1. The molecule has 1 saturated heterocycles. The molecule has 0 bridgehead atoms. The fraction of sp³-hybridized carbons (Fsp3) is 0.824. The van der Waals surface area contributed by atoms with E-state index in [0.29, 0.717) is 5.41 Å². The molecule has 1 aliphatic carbocycles. The summed E-state index contributed by atoms with van der Waals surface area (Å²) in [5, 5.41) is 3.07. The van der Waals surface area contributed by atoms with Crippen LogP contribution in [0.1, 0.15) is 65.7 Å². The van der Waals surface area contributed by atoms with E-state index in [0.717, 1.165) is 38.9 Å². The van der Waals surface area contributed by atoms with Gasteiger partial charge in [-0.2, -0.15) is 0 Å². The monoisotopic (exact) mass is 278 g/mol. The van der Waals surface area contributed by atoms with E-state index in [9.17, 15) is 4.79 Å². The van der Waals surface area contributed by atoms with E-state index < -0.39 is 0 Å². The zero-order valence-electron chi connectivity index (χ0n) is 13.4. The number of nitrogens with zero attached hydrogens (tertiary/aromatic N) is 1. The predicted octanol–water partition coefficient (Wildman–Crippen LogP) is 4.10. The van der Waals surface area contributed by atoms with Crippen LogP contribution in [0.5, 0.6) is 0 Å². The third-order valence-corrected chi connectivity index (χ3v) is 5.15. The van der Waals surface area contributed by atoms with Crippen molar-refractivity contribution in [3.63, 3.8) is 0 Å². The minimum absolute atomic E-state index is 0.154. The molecule has 1 atom stereocenters. The van der Waals surface area contributed by atoms with Gasteiger partial charge in [0.2, 0.25) is 0 Å². The van der Waals surface area contributed by atoms with Gasteiger partial charge < -0.3 is 10.2 Å². The molecule has 0 radical (unpaired) electrons. The SMILES string of the molecule is CCCCNC(=O)N1CCCC2(CCC(C)=C(C)C2)C1. The van der Waals surface area contributed by atoms with Crippen LogP contribution in [-0.4, -0.2) is 30.6 Å². The topological polar surface area (TPSA) is 32.3 Å². The summed E-state index contributed by atoms with van der Waals surface area (Å²) in [6, 6.07) is 0.154. The first-order valence-electron chi connectivity index (χ1n) is 8.24. The first kappa shape index (κ1) is 15.4. The average Bonchev–Trinajstić information content (AvgIpc) is 2.44. The second-order valence-corrected chi connectivity index (χ2v) is 6.85. The second kappa shape index (κ2) is 6.64. The van der Waals surface area contributed by atoms with Crippen LogP contribution in [0.4, 0.5) is 4.79 Å². The molecule has 20 heavy (non-hydrogen) atoms. The zero-order chi connectivity index (χ0) is 14.6.